The van der Waals surface area contributed by atoms with E-state index in [1.54, 1.807) is 4.68 Å². The summed E-state index contributed by atoms with van der Waals surface area (Å²) in [5, 5.41) is 10.7. The topological polar surface area (TPSA) is 71.8 Å². The molecule has 0 bridgehead atoms. The lowest BCUT2D eigenvalue weighted by atomic mass is 10.1. The summed E-state index contributed by atoms with van der Waals surface area (Å²) in [4.78, 5) is 16.7. The van der Waals surface area contributed by atoms with Crippen LogP contribution < -0.4 is 10.6 Å². The molecule has 0 saturated carbocycles. The largest absolute Gasteiger partial charge is 0.345 e. The van der Waals surface area contributed by atoms with Gasteiger partial charge in [0.15, 0.2) is 0 Å². The maximum Gasteiger partial charge on any atom is 0.291 e. The zero-order valence-corrected chi connectivity index (χ0v) is 14.0. The van der Waals surface area contributed by atoms with E-state index in [-0.39, 0.29) is 30.2 Å². The number of hydrogen-bond acceptors (Lipinski definition) is 4. The Bertz CT molecular complexity index is 637. The minimum Gasteiger partial charge on any atom is -0.345 e. The second-order valence-electron chi connectivity index (χ2n) is 5.47. The van der Waals surface area contributed by atoms with Crippen LogP contribution in [0.3, 0.4) is 0 Å². The molecule has 1 amide bonds. The maximum absolute atomic E-state index is 12.3. The van der Waals surface area contributed by atoms with Gasteiger partial charge in [0.1, 0.15) is 5.82 Å². The van der Waals surface area contributed by atoms with Gasteiger partial charge in [-0.15, -0.1) is 17.5 Å². The Morgan fingerprint density at radius 1 is 1.39 bits per heavy atom. The lowest BCUT2D eigenvalue weighted by Crippen LogP contribution is -2.45. The number of amides is 1. The SMILES string of the molecule is CCc1nc(C(=O)N[C@H]2CCCNC2)nn1-c1ccccc1.Cl. The molecule has 1 fully saturated rings. The van der Waals surface area contributed by atoms with Crippen LogP contribution in [-0.2, 0) is 6.42 Å². The van der Waals surface area contributed by atoms with Crippen molar-refractivity contribution in [2.24, 2.45) is 0 Å². The van der Waals surface area contributed by atoms with Gasteiger partial charge in [0, 0.05) is 19.0 Å². The highest BCUT2D eigenvalue weighted by molar-refractivity contribution is 5.90. The van der Waals surface area contributed by atoms with Crippen molar-refractivity contribution >= 4 is 18.3 Å². The second kappa shape index (κ2) is 8.08. The number of benzene rings is 1. The minimum absolute atomic E-state index is 0. The number of para-hydroxylation sites is 1. The minimum atomic E-state index is -0.196. The van der Waals surface area contributed by atoms with E-state index in [0.717, 1.165) is 43.9 Å². The fourth-order valence-electron chi connectivity index (χ4n) is 2.67. The average molecular weight is 336 g/mol. The second-order valence-corrected chi connectivity index (χ2v) is 5.47. The quantitative estimate of drug-likeness (QED) is 0.892. The van der Waals surface area contributed by atoms with Crippen molar-refractivity contribution in [1.29, 1.82) is 0 Å². The van der Waals surface area contributed by atoms with Crippen LogP contribution in [0.2, 0.25) is 0 Å². The molecule has 2 aromatic rings. The third-order valence-corrected chi connectivity index (χ3v) is 3.83. The predicted molar refractivity (Wildman–Crippen MR) is 91.3 cm³/mol. The third kappa shape index (κ3) is 4.09. The molecule has 1 aliphatic heterocycles. The Morgan fingerprint density at radius 3 is 2.83 bits per heavy atom. The van der Waals surface area contributed by atoms with E-state index in [4.69, 9.17) is 0 Å². The first-order valence-corrected chi connectivity index (χ1v) is 7.81. The Balaban J connectivity index is 0.00000192. The van der Waals surface area contributed by atoms with Gasteiger partial charge in [-0.2, -0.15) is 0 Å². The van der Waals surface area contributed by atoms with E-state index in [1.165, 1.54) is 0 Å². The van der Waals surface area contributed by atoms with Crippen molar-refractivity contribution in [3.8, 4) is 5.69 Å². The Hall–Kier alpha value is -1.92. The average Bonchev–Trinajstić information content (AvgIpc) is 3.01. The Morgan fingerprint density at radius 2 is 2.17 bits per heavy atom. The van der Waals surface area contributed by atoms with E-state index in [2.05, 4.69) is 20.7 Å². The number of halogens is 1. The highest BCUT2D eigenvalue weighted by Crippen LogP contribution is 2.11. The summed E-state index contributed by atoms with van der Waals surface area (Å²) < 4.78 is 1.74. The van der Waals surface area contributed by atoms with Crippen LogP contribution in [-0.4, -0.2) is 39.8 Å². The van der Waals surface area contributed by atoms with Crippen LogP contribution >= 0.6 is 12.4 Å². The van der Waals surface area contributed by atoms with E-state index in [9.17, 15) is 4.79 Å². The molecule has 2 heterocycles. The summed E-state index contributed by atoms with van der Waals surface area (Å²) in [7, 11) is 0. The first-order chi connectivity index (χ1) is 10.8. The highest BCUT2D eigenvalue weighted by Gasteiger charge is 2.20. The van der Waals surface area contributed by atoms with Crippen molar-refractivity contribution in [1.82, 2.24) is 25.4 Å². The molecule has 1 atom stereocenters. The number of carbonyl (C=O) groups excluding carboxylic acids is 1. The van der Waals surface area contributed by atoms with E-state index in [1.807, 2.05) is 37.3 Å². The summed E-state index contributed by atoms with van der Waals surface area (Å²) >= 11 is 0. The van der Waals surface area contributed by atoms with Gasteiger partial charge in [-0.05, 0) is 31.5 Å². The van der Waals surface area contributed by atoms with Crippen molar-refractivity contribution in [2.45, 2.75) is 32.2 Å². The zero-order valence-electron chi connectivity index (χ0n) is 13.2. The maximum atomic E-state index is 12.3. The van der Waals surface area contributed by atoms with Crippen molar-refractivity contribution < 1.29 is 4.79 Å². The zero-order chi connectivity index (χ0) is 15.4. The van der Waals surface area contributed by atoms with Crippen molar-refractivity contribution in [2.75, 3.05) is 13.1 Å². The summed E-state index contributed by atoms with van der Waals surface area (Å²) in [6, 6.07) is 9.93. The number of nitrogens with zero attached hydrogens (tertiary/aromatic N) is 3. The van der Waals surface area contributed by atoms with Gasteiger partial charge in [0.05, 0.1) is 5.69 Å². The number of carbonyl (C=O) groups is 1. The summed E-state index contributed by atoms with van der Waals surface area (Å²) in [6.07, 6.45) is 2.80. The van der Waals surface area contributed by atoms with E-state index < -0.39 is 0 Å². The van der Waals surface area contributed by atoms with Crippen LogP contribution in [0.5, 0.6) is 0 Å². The molecule has 0 spiro atoms. The Labute approximate surface area is 142 Å². The van der Waals surface area contributed by atoms with E-state index in [0.29, 0.717) is 0 Å². The number of nitrogens with one attached hydrogen (secondary N) is 2. The molecule has 3 rings (SSSR count). The molecule has 0 radical (unpaired) electrons. The molecule has 23 heavy (non-hydrogen) atoms. The number of hydrogen-bond donors (Lipinski definition) is 2. The molecular formula is C16H22ClN5O. The molecule has 0 unspecified atom stereocenters. The first kappa shape index (κ1) is 17.4. The van der Waals surface area contributed by atoms with Gasteiger partial charge >= 0.3 is 0 Å². The van der Waals surface area contributed by atoms with Crippen LogP contribution in [0, 0.1) is 0 Å². The molecule has 2 N–H and O–H groups in total. The van der Waals surface area contributed by atoms with Gasteiger partial charge in [-0.3, -0.25) is 4.79 Å². The predicted octanol–water partition coefficient (Wildman–Crippen LogP) is 1.73. The number of rotatable bonds is 4. The van der Waals surface area contributed by atoms with Gasteiger partial charge < -0.3 is 10.6 Å². The molecule has 1 aliphatic rings. The molecule has 1 aromatic carbocycles. The third-order valence-electron chi connectivity index (χ3n) is 3.83. The Kier molecular flexibility index (Phi) is 6.12. The fraction of sp³-hybridized carbons (Fsp3) is 0.438. The van der Waals surface area contributed by atoms with E-state index >= 15 is 0 Å². The van der Waals surface area contributed by atoms with Crippen LogP contribution in [0.1, 0.15) is 36.2 Å². The van der Waals surface area contributed by atoms with Crippen molar-refractivity contribution in [3.05, 3.63) is 42.0 Å². The summed E-state index contributed by atoms with van der Waals surface area (Å²) in [5.41, 5.74) is 0.922. The standard InChI is InChI=1S/C16H21N5O.ClH/c1-2-14-19-15(16(22)18-12-7-6-10-17-11-12)20-21(14)13-8-4-3-5-9-13;/h3-5,8-9,12,17H,2,6-7,10-11H2,1H3,(H,18,22);1H/t12-;/m0./s1. The summed E-state index contributed by atoms with van der Waals surface area (Å²) in [5.74, 6) is 0.836. The smallest absolute Gasteiger partial charge is 0.291 e. The summed E-state index contributed by atoms with van der Waals surface area (Å²) in [6.45, 7) is 3.84. The van der Waals surface area contributed by atoms with Crippen LogP contribution in [0.4, 0.5) is 0 Å². The van der Waals surface area contributed by atoms with Crippen molar-refractivity contribution in [3.63, 3.8) is 0 Å². The first-order valence-electron chi connectivity index (χ1n) is 7.81. The molecular weight excluding hydrogens is 314 g/mol. The number of aryl methyl sites for hydroxylation is 1. The van der Waals surface area contributed by atoms with Gasteiger partial charge in [0.2, 0.25) is 5.82 Å². The number of aromatic nitrogens is 3. The highest BCUT2D eigenvalue weighted by atomic mass is 35.5. The molecule has 1 saturated heterocycles. The van der Waals surface area contributed by atoms with Gasteiger partial charge in [-0.25, -0.2) is 9.67 Å². The van der Waals surface area contributed by atoms with Crippen LogP contribution in [0.25, 0.3) is 5.69 Å². The van der Waals surface area contributed by atoms with Crippen LogP contribution in [0.15, 0.2) is 30.3 Å². The fourth-order valence-corrected chi connectivity index (χ4v) is 2.67. The lowest BCUT2D eigenvalue weighted by Gasteiger charge is -2.23. The molecule has 124 valence electrons. The van der Waals surface area contributed by atoms with Gasteiger partial charge in [-0.1, -0.05) is 25.1 Å². The lowest BCUT2D eigenvalue weighted by molar-refractivity contribution is 0.0920. The molecule has 0 aliphatic carbocycles. The normalized spacial score (nSPS) is 17.3. The molecule has 1 aromatic heterocycles. The van der Waals surface area contributed by atoms with Gasteiger partial charge in [0.25, 0.3) is 5.91 Å². The number of piperidine rings is 1. The monoisotopic (exact) mass is 335 g/mol. The molecule has 7 heteroatoms. The molecule has 6 nitrogen and oxygen atoms in total.